The van der Waals surface area contributed by atoms with Gasteiger partial charge in [0, 0.05) is 5.56 Å². The number of hydrazone groups is 1. The van der Waals surface area contributed by atoms with Gasteiger partial charge in [-0.3, -0.25) is 9.59 Å². The van der Waals surface area contributed by atoms with E-state index in [2.05, 4.69) is 10.5 Å². The van der Waals surface area contributed by atoms with Gasteiger partial charge in [-0.05, 0) is 66.9 Å². The van der Waals surface area contributed by atoms with Crippen molar-refractivity contribution in [3.8, 4) is 5.75 Å². The zero-order valence-electron chi connectivity index (χ0n) is 16.6. The Kier molecular flexibility index (Phi) is 5.06. The normalized spacial score (nSPS) is 11.4. The van der Waals surface area contributed by atoms with Gasteiger partial charge in [0.15, 0.2) is 0 Å². The first kappa shape index (κ1) is 19.4. The minimum Gasteiger partial charge on any atom is -0.508 e. The van der Waals surface area contributed by atoms with E-state index in [1.807, 2.05) is 19.9 Å². The number of phenols is 1. The number of amides is 1. The van der Waals surface area contributed by atoms with Gasteiger partial charge in [0.25, 0.3) is 0 Å². The van der Waals surface area contributed by atoms with Crippen LogP contribution < -0.4 is 10.9 Å². The molecule has 0 radical (unpaired) electrons. The molecule has 2 N–H and O–H groups in total. The van der Waals surface area contributed by atoms with Crippen LogP contribution in [0.25, 0.3) is 21.9 Å². The van der Waals surface area contributed by atoms with E-state index in [0.717, 1.165) is 16.7 Å². The van der Waals surface area contributed by atoms with E-state index < -0.39 is 0 Å². The average Bonchev–Trinajstić information content (AvgIpc) is 2.73. The number of aryl methyl sites for hydroxylation is 2. The van der Waals surface area contributed by atoms with E-state index in [0.29, 0.717) is 27.5 Å². The monoisotopic (exact) mass is 400 g/mol. The number of fused-ring (bicyclic) bond motifs is 2. The molecule has 0 fully saturated rings. The molecule has 0 spiro atoms. The first-order valence-corrected chi connectivity index (χ1v) is 9.49. The van der Waals surface area contributed by atoms with Gasteiger partial charge in [0.05, 0.1) is 23.4 Å². The van der Waals surface area contributed by atoms with Crippen molar-refractivity contribution >= 4 is 34.1 Å². The SMILES string of the molecule is Cc1ccc2c(=O)c3cccc(CC(=O)N/N=C\c4ccc(O)cc4)c3oc2c1C. The van der Waals surface area contributed by atoms with Crippen LogP contribution in [-0.2, 0) is 11.2 Å². The lowest BCUT2D eigenvalue weighted by molar-refractivity contribution is -0.120. The quantitative estimate of drug-likeness (QED) is 0.308. The second-order valence-corrected chi connectivity index (χ2v) is 7.17. The van der Waals surface area contributed by atoms with E-state index in [9.17, 15) is 14.7 Å². The molecule has 4 aromatic rings. The predicted molar refractivity (Wildman–Crippen MR) is 117 cm³/mol. The number of nitrogens with zero attached hydrogens (tertiary/aromatic N) is 1. The molecule has 3 aromatic carbocycles. The van der Waals surface area contributed by atoms with Gasteiger partial charge >= 0.3 is 0 Å². The fraction of sp³-hybridized carbons (Fsp3) is 0.125. The van der Waals surface area contributed by atoms with Gasteiger partial charge in [-0.1, -0.05) is 18.2 Å². The number of hydrogen-bond donors (Lipinski definition) is 2. The van der Waals surface area contributed by atoms with Crippen LogP contribution in [0, 0.1) is 13.8 Å². The van der Waals surface area contributed by atoms with Crippen LogP contribution in [0.4, 0.5) is 0 Å². The maximum atomic E-state index is 12.9. The molecule has 4 rings (SSSR count). The summed E-state index contributed by atoms with van der Waals surface area (Å²) in [5, 5.41) is 14.2. The molecule has 30 heavy (non-hydrogen) atoms. The predicted octanol–water partition coefficient (Wildman–Crippen LogP) is 3.96. The Morgan fingerprint density at radius 3 is 2.53 bits per heavy atom. The molecule has 0 atom stereocenters. The molecule has 1 heterocycles. The van der Waals surface area contributed by atoms with Gasteiger partial charge in [-0.25, -0.2) is 5.43 Å². The zero-order valence-corrected chi connectivity index (χ0v) is 16.6. The molecule has 6 heteroatoms. The Morgan fingerprint density at radius 1 is 1.03 bits per heavy atom. The molecule has 1 aromatic heterocycles. The number of rotatable bonds is 4. The number of hydrogen-bond acceptors (Lipinski definition) is 5. The average molecular weight is 400 g/mol. The van der Waals surface area contributed by atoms with Crippen LogP contribution in [0.2, 0.25) is 0 Å². The molecule has 0 saturated heterocycles. The smallest absolute Gasteiger partial charge is 0.244 e. The third kappa shape index (κ3) is 3.67. The lowest BCUT2D eigenvalue weighted by Crippen LogP contribution is -2.20. The van der Waals surface area contributed by atoms with Crippen molar-refractivity contribution in [2.45, 2.75) is 20.3 Å². The molecule has 150 valence electrons. The molecule has 1 amide bonds. The van der Waals surface area contributed by atoms with Crippen molar-refractivity contribution in [3.63, 3.8) is 0 Å². The second-order valence-electron chi connectivity index (χ2n) is 7.17. The molecule has 0 aliphatic heterocycles. The summed E-state index contributed by atoms with van der Waals surface area (Å²) in [6.45, 7) is 3.88. The Morgan fingerprint density at radius 2 is 1.77 bits per heavy atom. The van der Waals surface area contributed by atoms with Gasteiger partial charge in [0.1, 0.15) is 16.9 Å². The summed E-state index contributed by atoms with van der Waals surface area (Å²) in [6, 6.07) is 15.3. The number of aromatic hydroxyl groups is 1. The number of phenolic OH excluding ortho intramolecular Hbond substituents is 1. The van der Waals surface area contributed by atoms with Crippen LogP contribution >= 0.6 is 0 Å². The molecule has 0 bridgehead atoms. The minimum absolute atomic E-state index is 0.0174. The maximum Gasteiger partial charge on any atom is 0.244 e. The molecule has 0 aliphatic rings. The first-order valence-electron chi connectivity index (χ1n) is 9.49. The highest BCUT2D eigenvalue weighted by Crippen LogP contribution is 2.26. The summed E-state index contributed by atoms with van der Waals surface area (Å²) >= 11 is 0. The summed E-state index contributed by atoms with van der Waals surface area (Å²) in [7, 11) is 0. The topological polar surface area (TPSA) is 91.9 Å². The van der Waals surface area contributed by atoms with Crippen LogP contribution in [0.3, 0.4) is 0 Å². The summed E-state index contributed by atoms with van der Waals surface area (Å²) < 4.78 is 6.11. The Balaban J connectivity index is 1.64. The van der Waals surface area contributed by atoms with Gasteiger partial charge in [-0.15, -0.1) is 0 Å². The maximum absolute atomic E-state index is 12.9. The van der Waals surface area contributed by atoms with Crippen LogP contribution in [0.5, 0.6) is 5.75 Å². The van der Waals surface area contributed by atoms with E-state index >= 15 is 0 Å². The number of carbonyl (C=O) groups excluding carboxylic acids is 1. The molecule has 0 aliphatic carbocycles. The number of nitrogens with one attached hydrogen (secondary N) is 1. The number of benzene rings is 3. The highest BCUT2D eigenvalue weighted by Gasteiger charge is 2.15. The van der Waals surface area contributed by atoms with Crippen LogP contribution in [0.15, 0.2) is 68.9 Å². The number of carbonyl (C=O) groups is 1. The fourth-order valence-electron chi connectivity index (χ4n) is 3.32. The van der Waals surface area contributed by atoms with Gasteiger partial charge in [0.2, 0.25) is 11.3 Å². The highest BCUT2D eigenvalue weighted by atomic mass is 16.3. The van der Waals surface area contributed by atoms with Crippen molar-refractivity contribution in [1.82, 2.24) is 5.43 Å². The zero-order chi connectivity index (χ0) is 21.3. The first-order chi connectivity index (χ1) is 14.4. The van der Waals surface area contributed by atoms with Crippen molar-refractivity contribution in [2.75, 3.05) is 0 Å². The van der Waals surface area contributed by atoms with Crippen LogP contribution in [0.1, 0.15) is 22.3 Å². The second kappa shape index (κ2) is 7.83. The third-order valence-corrected chi connectivity index (χ3v) is 5.11. The van der Waals surface area contributed by atoms with E-state index in [1.54, 1.807) is 36.4 Å². The molecule has 0 saturated carbocycles. The van der Waals surface area contributed by atoms with Crippen molar-refractivity contribution in [1.29, 1.82) is 0 Å². The van der Waals surface area contributed by atoms with Gasteiger partial charge < -0.3 is 9.52 Å². The Hall–Kier alpha value is -3.93. The standard InChI is InChI=1S/C24H20N2O4/c1-14-6-11-20-22(29)19-5-3-4-17(24(19)30-23(20)15(14)2)12-21(28)26-25-13-16-7-9-18(27)10-8-16/h3-11,13,27H,12H2,1-2H3,(H,26,28)/b25-13-. The number of para-hydroxylation sites is 1. The largest absolute Gasteiger partial charge is 0.508 e. The van der Waals surface area contributed by atoms with Crippen LogP contribution in [-0.4, -0.2) is 17.2 Å². The lowest BCUT2D eigenvalue weighted by atomic mass is 10.0. The van der Waals surface area contributed by atoms with E-state index in [4.69, 9.17) is 4.42 Å². The molecular formula is C24H20N2O4. The summed E-state index contributed by atoms with van der Waals surface area (Å²) in [5.41, 5.74) is 6.63. The van der Waals surface area contributed by atoms with Crippen molar-refractivity contribution in [2.24, 2.45) is 5.10 Å². The summed E-state index contributed by atoms with van der Waals surface area (Å²) in [6.07, 6.45) is 1.50. The van der Waals surface area contributed by atoms with Crippen molar-refractivity contribution < 1.29 is 14.3 Å². The van der Waals surface area contributed by atoms with E-state index in [-0.39, 0.29) is 23.5 Å². The van der Waals surface area contributed by atoms with Gasteiger partial charge in [-0.2, -0.15) is 5.10 Å². The fourth-order valence-corrected chi connectivity index (χ4v) is 3.32. The van der Waals surface area contributed by atoms with Crippen molar-refractivity contribution in [3.05, 3.63) is 87.1 Å². The summed E-state index contributed by atoms with van der Waals surface area (Å²) in [4.78, 5) is 25.3. The Bertz CT molecular complexity index is 1350. The lowest BCUT2D eigenvalue weighted by Gasteiger charge is -2.09. The summed E-state index contributed by atoms with van der Waals surface area (Å²) in [5.74, 6) is -0.173. The molecule has 0 unspecified atom stereocenters. The Labute approximate surface area is 172 Å². The molecule has 6 nitrogen and oxygen atoms in total. The van der Waals surface area contributed by atoms with E-state index in [1.165, 1.54) is 18.3 Å². The highest BCUT2D eigenvalue weighted by molar-refractivity contribution is 5.94. The minimum atomic E-state index is -0.332. The molecular weight excluding hydrogens is 380 g/mol. The third-order valence-electron chi connectivity index (χ3n) is 5.11.